The van der Waals surface area contributed by atoms with Gasteiger partial charge in [0, 0.05) is 35.0 Å². The van der Waals surface area contributed by atoms with Crippen molar-refractivity contribution in [3.05, 3.63) is 75.2 Å². The first kappa shape index (κ1) is 18.5. The summed E-state index contributed by atoms with van der Waals surface area (Å²) in [6, 6.07) is 13.4. The highest BCUT2D eigenvalue weighted by molar-refractivity contribution is 7.10. The van der Waals surface area contributed by atoms with E-state index in [-0.39, 0.29) is 12.5 Å². The molecule has 3 heterocycles. The SMILES string of the molecule is Cc1ccc(C)n1-c1ccc(C(=O)OCC(=O)N2CCc3sccc3C2)cc1. The van der Waals surface area contributed by atoms with Gasteiger partial charge in [-0.1, -0.05) is 0 Å². The molecule has 0 saturated carbocycles. The van der Waals surface area contributed by atoms with E-state index in [9.17, 15) is 9.59 Å². The number of hydrogen-bond donors (Lipinski definition) is 0. The summed E-state index contributed by atoms with van der Waals surface area (Å²) >= 11 is 1.73. The van der Waals surface area contributed by atoms with E-state index < -0.39 is 5.97 Å². The summed E-state index contributed by atoms with van der Waals surface area (Å²) < 4.78 is 7.37. The zero-order chi connectivity index (χ0) is 19.7. The van der Waals surface area contributed by atoms with Crippen molar-refractivity contribution in [2.45, 2.75) is 26.8 Å². The molecule has 0 fully saturated rings. The highest BCUT2D eigenvalue weighted by Crippen LogP contribution is 2.24. The summed E-state index contributed by atoms with van der Waals surface area (Å²) in [5.74, 6) is -0.630. The Hall–Kier alpha value is -2.86. The molecular formula is C22H22N2O3S. The van der Waals surface area contributed by atoms with Gasteiger partial charge in [-0.3, -0.25) is 4.79 Å². The number of rotatable bonds is 4. The van der Waals surface area contributed by atoms with E-state index in [4.69, 9.17) is 4.74 Å². The van der Waals surface area contributed by atoms with Crippen LogP contribution in [0.3, 0.4) is 0 Å². The number of aromatic nitrogens is 1. The molecule has 1 aliphatic heterocycles. The van der Waals surface area contributed by atoms with Gasteiger partial charge in [-0.25, -0.2) is 4.79 Å². The number of benzene rings is 1. The third-order valence-corrected chi connectivity index (χ3v) is 6.14. The molecule has 0 atom stereocenters. The first-order valence-electron chi connectivity index (χ1n) is 9.28. The quantitative estimate of drug-likeness (QED) is 0.631. The summed E-state index contributed by atoms with van der Waals surface area (Å²) in [5.41, 5.74) is 4.90. The number of fused-ring (bicyclic) bond motifs is 1. The van der Waals surface area contributed by atoms with Crippen LogP contribution >= 0.6 is 11.3 Å². The van der Waals surface area contributed by atoms with Crippen LogP contribution in [0.4, 0.5) is 0 Å². The lowest BCUT2D eigenvalue weighted by molar-refractivity contribution is -0.135. The Morgan fingerprint density at radius 1 is 1.04 bits per heavy atom. The van der Waals surface area contributed by atoms with Crippen molar-refractivity contribution in [2.75, 3.05) is 13.2 Å². The van der Waals surface area contributed by atoms with Gasteiger partial charge in [0.15, 0.2) is 6.61 Å². The third kappa shape index (κ3) is 3.60. The van der Waals surface area contributed by atoms with E-state index in [1.54, 1.807) is 28.4 Å². The number of esters is 1. The first-order valence-corrected chi connectivity index (χ1v) is 10.2. The van der Waals surface area contributed by atoms with E-state index in [1.807, 2.05) is 26.0 Å². The molecule has 6 heteroatoms. The van der Waals surface area contributed by atoms with E-state index >= 15 is 0 Å². The minimum atomic E-state index is -0.478. The van der Waals surface area contributed by atoms with Gasteiger partial charge in [0.05, 0.1) is 5.56 Å². The average Bonchev–Trinajstić information content (AvgIpc) is 3.31. The number of aryl methyl sites for hydroxylation is 2. The monoisotopic (exact) mass is 394 g/mol. The summed E-state index contributed by atoms with van der Waals surface area (Å²) in [6.45, 7) is 5.13. The molecular weight excluding hydrogens is 372 g/mol. The molecule has 3 aromatic rings. The minimum Gasteiger partial charge on any atom is -0.452 e. The van der Waals surface area contributed by atoms with Crippen LogP contribution in [-0.2, 0) is 22.5 Å². The first-order chi connectivity index (χ1) is 13.5. The normalized spacial score (nSPS) is 13.3. The molecule has 0 bridgehead atoms. The molecule has 0 radical (unpaired) electrons. The van der Waals surface area contributed by atoms with E-state index in [0.717, 1.165) is 23.5 Å². The molecule has 0 aliphatic carbocycles. The number of hydrogen-bond acceptors (Lipinski definition) is 4. The summed E-state index contributed by atoms with van der Waals surface area (Å²) in [6.07, 6.45) is 0.867. The molecule has 0 saturated heterocycles. The Morgan fingerprint density at radius 2 is 1.75 bits per heavy atom. The maximum atomic E-state index is 12.4. The predicted molar refractivity (Wildman–Crippen MR) is 109 cm³/mol. The Labute approximate surface area is 168 Å². The maximum Gasteiger partial charge on any atom is 0.338 e. The Kier molecular flexibility index (Phi) is 5.05. The minimum absolute atomic E-state index is 0.152. The van der Waals surface area contributed by atoms with Gasteiger partial charge < -0.3 is 14.2 Å². The molecule has 1 amide bonds. The Balaban J connectivity index is 1.36. The third-order valence-electron chi connectivity index (χ3n) is 5.12. The van der Waals surface area contributed by atoms with Crippen molar-refractivity contribution in [3.8, 4) is 5.69 Å². The van der Waals surface area contributed by atoms with Crippen molar-refractivity contribution in [2.24, 2.45) is 0 Å². The van der Waals surface area contributed by atoms with Crippen LogP contribution in [0.25, 0.3) is 5.69 Å². The smallest absolute Gasteiger partial charge is 0.338 e. The van der Waals surface area contributed by atoms with E-state index in [1.165, 1.54) is 10.4 Å². The molecule has 1 aliphatic rings. The zero-order valence-corrected chi connectivity index (χ0v) is 16.8. The number of nitrogens with zero attached hydrogens (tertiary/aromatic N) is 2. The van der Waals surface area contributed by atoms with Crippen LogP contribution in [0.5, 0.6) is 0 Å². The van der Waals surface area contributed by atoms with Crippen molar-refractivity contribution in [3.63, 3.8) is 0 Å². The molecule has 28 heavy (non-hydrogen) atoms. The maximum absolute atomic E-state index is 12.4. The van der Waals surface area contributed by atoms with Crippen molar-refractivity contribution in [1.29, 1.82) is 0 Å². The van der Waals surface area contributed by atoms with Gasteiger partial charge in [-0.2, -0.15) is 0 Å². The fraction of sp³-hybridized carbons (Fsp3) is 0.273. The van der Waals surface area contributed by atoms with Gasteiger partial charge in [0.2, 0.25) is 0 Å². The average molecular weight is 394 g/mol. The lowest BCUT2D eigenvalue weighted by atomic mass is 10.1. The fourth-order valence-corrected chi connectivity index (χ4v) is 4.48. The van der Waals surface area contributed by atoms with Crippen LogP contribution in [0.15, 0.2) is 47.8 Å². The summed E-state index contributed by atoms with van der Waals surface area (Å²) in [4.78, 5) is 27.8. The van der Waals surface area contributed by atoms with Crippen LogP contribution in [0, 0.1) is 13.8 Å². The zero-order valence-electron chi connectivity index (χ0n) is 16.0. The molecule has 0 N–H and O–H groups in total. The number of carbonyl (C=O) groups excluding carboxylic acids is 2. The molecule has 144 valence electrons. The highest BCUT2D eigenvalue weighted by Gasteiger charge is 2.22. The Bertz CT molecular complexity index is 997. The van der Waals surface area contributed by atoms with Crippen molar-refractivity contribution < 1.29 is 14.3 Å². The molecule has 4 rings (SSSR count). The molecule has 5 nitrogen and oxygen atoms in total. The number of ether oxygens (including phenoxy) is 1. The van der Waals surface area contributed by atoms with Crippen LogP contribution in [0.1, 0.15) is 32.2 Å². The highest BCUT2D eigenvalue weighted by atomic mass is 32.1. The van der Waals surface area contributed by atoms with E-state index in [2.05, 4.69) is 28.1 Å². The molecule has 0 unspecified atom stereocenters. The van der Waals surface area contributed by atoms with Crippen molar-refractivity contribution in [1.82, 2.24) is 9.47 Å². The second-order valence-corrected chi connectivity index (χ2v) is 8.01. The second-order valence-electron chi connectivity index (χ2n) is 7.01. The standard InChI is InChI=1S/C22H22N2O3S/c1-15-3-4-16(2)24(15)19-7-5-17(6-8-19)22(26)27-14-21(25)23-11-9-20-18(13-23)10-12-28-20/h3-8,10,12H,9,11,13-14H2,1-2H3. The lowest BCUT2D eigenvalue weighted by Crippen LogP contribution is -2.38. The molecule has 1 aromatic carbocycles. The molecule has 0 spiro atoms. The van der Waals surface area contributed by atoms with Gasteiger partial charge in [0.25, 0.3) is 5.91 Å². The largest absolute Gasteiger partial charge is 0.452 e. The van der Waals surface area contributed by atoms with Gasteiger partial charge >= 0.3 is 5.97 Å². The summed E-state index contributed by atoms with van der Waals surface area (Å²) in [7, 11) is 0. The Morgan fingerprint density at radius 3 is 2.46 bits per heavy atom. The van der Waals surface area contributed by atoms with Gasteiger partial charge in [0.1, 0.15) is 0 Å². The molecule has 2 aromatic heterocycles. The number of amides is 1. The topological polar surface area (TPSA) is 51.5 Å². The van der Waals surface area contributed by atoms with Gasteiger partial charge in [-0.15, -0.1) is 11.3 Å². The lowest BCUT2D eigenvalue weighted by Gasteiger charge is -2.26. The number of thiophene rings is 1. The predicted octanol–water partition coefficient (Wildman–Crippen LogP) is 3.90. The summed E-state index contributed by atoms with van der Waals surface area (Å²) in [5, 5.41) is 2.05. The number of carbonyl (C=O) groups is 2. The van der Waals surface area contributed by atoms with Crippen LogP contribution in [-0.4, -0.2) is 34.5 Å². The van der Waals surface area contributed by atoms with Crippen LogP contribution < -0.4 is 0 Å². The van der Waals surface area contributed by atoms with Crippen LogP contribution in [0.2, 0.25) is 0 Å². The van der Waals surface area contributed by atoms with Crippen molar-refractivity contribution >= 4 is 23.2 Å². The fourth-order valence-electron chi connectivity index (χ4n) is 3.59. The second kappa shape index (κ2) is 7.64. The van der Waals surface area contributed by atoms with E-state index in [0.29, 0.717) is 18.7 Å². The van der Waals surface area contributed by atoms with Gasteiger partial charge in [-0.05, 0) is 73.7 Å².